The maximum absolute atomic E-state index is 5.45. The zero-order valence-corrected chi connectivity index (χ0v) is 6.25. The second kappa shape index (κ2) is 2.30. The number of hydrogen-bond acceptors (Lipinski definition) is 1. The van der Waals surface area contributed by atoms with E-state index in [2.05, 4.69) is 6.58 Å². The van der Waals surface area contributed by atoms with Crippen molar-refractivity contribution in [3.8, 4) is 0 Å². The van der Waals surface area contributed by atoms with E-state index in [1.807, 2.05) is 0 Å². The molecule has 2 rings (SSSR count). The van der Waals surface area contributed by atoms with Crippen LogP contribution < -0.4 is 0 Å². The van der Waals surface area contributed by atoms with Crippen LogP contribution in [0.1, 0.15) is 25.7 Å². The molecule has 0 aromatic rings. The van der Waals surface area contributed by atoms with Gasteiger partial charge in [0.05, 0.1) is 6.26 Å². The van der Waals surface area contributed by atoms with Crippen molar-refractivity contribution in [1.29, 1.82) is 0 Å². The summed E-state index contributed by atoms with van der Waals surface area (Å²) in [7, 11) is 0. The molecule has 0 aromatic heterocycles. The minimum atomic E-state index is 0.539. The highest BCUT2D eigenvalue weighted by molar-refractivity contribution is 4.93. The molecule has 2 bridgehead atoms. The summed E-state index contributed by atoms with van der Waals surface area (Å²) < 4.78 is 5.45. The predicted octanol–water partition coefficient (Wildman–Crippen LogP) is 2.34. The summed E-state index contributed by atoms with van der Waals surface area (Å²) in [6.45, 7) is 3.60. The lowest BCUT2D eigenvalue weighted by Crippen LogP contribution is -2.14. The Bertz CT molecular complexity index is 122. The SMILES string of the molecule is C=COC1C2CCC1CC2. The Morgan fingerprint density at radius 3 is 2.00 bits per heavy atom. The van der Waals surface area contributed by atoms with Gasteiger partial charge in [0.15, 0.2) is 0 Å². The van der Waals surface area contributed by atoms with Crippen molar-refractivity contribution in [2.75, 3.05) is 0 Å². The van der Waals surface area contributed by atoms with Gasteiger partial charge in [-0.05, 0) is 37.5 Å². The van der Waals surface area contributed by atoms with Crippen LogP contribution in [0.2, 0.25) is 0 Å². The van der Waals surface area contributed by atoms with Crippen molar-refractivity contribution in [2.45, 2.75) is 31.8 Å². The molecule has 1 nitrogen and oxygen atoms in total. The summed E-state index contributed by atoms with van der Waals surface area (Å²) in [5, 5.41) is 0. The molecular formula is C9H14O. The van der Waals surface area contributed by atoms with Crippen LogP contribution in [0.25, 0.3) is 0 Å². The van der Waals surface area contributed by atoms with Crippen molar-refractivity contribution in [1.82, 2.24) is 0 Å². The molecule has 2 aliphatic carbocycles. The van der Waals surface area contributed by atoms with Crippen LogP contribution in [0, 0.1) is 11.8 Å². The lowest BCUT2D eigenvalue weighted by atomic mass is 10.0. The molecular weight excluding hydrogens is 124 g/mol. The summed E-state index contributed by atoms with van der Waals surface area (Å²) in [4.78, 5) is 0. The molecule has 0 atom stereocenters. The molecule has 0 saturated heterocycles. The van der Waals surface area contributed by atoms with E-state index in [-0.39, 0.29) is 0 Å². The molecule has 0 heterocycles. The Labute approximate surface area is 62.1 Å². The van der Waals surface area contributed by atoms with Crippen LogP contribution in [0.5, 0.6) is 0 Å². The van der Waals surface area contributed by atoms with Gasteiger partial charge in [0, 0.05) is 0 Å². The predicted molar refractivity (Wildman–Crippen MR) is 40.5 cm³/mol. The van der Waals surface area contributed by atoms with E-state index in [9.17, 15) is 0 Å². The summed E-state index contributed by atoms with van der Waals surface area (Å²) in [5.74, 6) is 1.73. The molecule has 0 aromatic carbocycles. The second-order valence-corrected chi connectivity index (χ2v) is 3.44. The van der Waals surface area contributed by atoms with Crippen molar-refractivity contribution in [3.63, 3.8) is 0 Å². The summed E-state index contributed by atoms with van der Waals surface area (Å²) in [6.07, 6.45) is 7.72. The average Bonchev–Trinajstić information content (AvgIpc) is 2.50. The molecule has 0 aliphatic heterocycles. The fourth-order valence-corrected chi connectivity index (χ4v) is 2.52. The summed E-state index contributed by atoms with van der Waals surface area (Å²) in [5.41, 5.74) is 0. The van der Waals surface area contributed by atoms with Crippen LogP contribution in [-0.4, -0.2) is 6.10 Å². The van der Waals surface area contributed by atoms with Crippen LogP contribution >= 0.6 is 0 Å². The zero-order valence-electron chi connectivity index (χ0n) is 6.25. The first-order valence-corrected chi connectivity index (χ1v) is 4.18. The van der Waals surface area contributed by atoms with Gasteiger partial charge in [-0.2, -0.15) is 0 Å². The van der Waals surface area contributed by atoms with Gasteiger partial charge in [-0.15, -0.1) is 0 Å². The van der Waals surface area contributed by atoms with Crippen molar-refractivity contribution >= 4 is 0 Å². The summed E-state index contributed by atoms with van der Waals surface area (Å²) >= 11 is 0. The highest BCUT2D eigenvalue weighted by atomic mass is 16.5. The van der Waals surface area contributed by atoms with E-state index in [0.29, 0.717) is 6.10 Å². The monoisotopic (exact) mass is 138 g/mol. The third kappa shape index (κ3) is 0.764. The van der Waals surface area contributed by atoms with E-state index in [1.54, 1.807) is 6.26 Å². The molecule has 1 heteroatoms. The molecule has 0 unspecified atom stereocenters. The Morgan fingerprint density at radius 2 is 1.60 bits per heavy atom. The van der Waals surface area contributed by atoms with E-state index in [4.69, 9.17) is 4.74 Å². The fraction of sp³-hybridized carbons (Fsp3) is 0.778. The Kier molecular flexibility index (Phi) is 1.44. The molecule has 56 valence electrons. The van der Waals surface area contributed by atoms with Crippen molar-refractivity contribution in [3.05, 3.63) is 12.8 Å². The van der Waals surface area contributed by atoms with E-state index < -0.39 is 0 Å². The van der Waals surface area contributed by atoms with Gasteiger partial charge in [0.2, 0.25) is 0 Å². The number of fused-ring (bicyclic) bond motifs is 2. The zero-order chi connectivity index (χ0) is 6.97. The fourth-order valence-electron chi connectivity index (χ4n) is 2.52. The van der Waals surface area contributed by atoms with Gasteiger partial charge in [0.25, 0.3) is 0 Å². The summed E-state index contributed by atoms with van der Waals surface area (Å²) in [6, 6.07) is 0. The number of rotatable bonds is 2. The maximum atomic E-state index is 5.45. The van der Waals surface area contributed by atoms with Gasteiger partial charge in [-0.25, -0.2) is 0 Å². The van der Waals surface area contributed by atoms with Gasteiger partial charge in [0.1, 0.15) is 6.10 Å². The number of hydrogen-bond donors (Lipinski definition) is 0. The highest BCUT2D eigenvalue weighted by Gasteiger charge is 2.42. The molecule has 0 spiro atoms. The van der Waals surface area contributed by atoms with Gasteiger partial charge >= 0.3 is 0 Å². The quantitative estimate of drug-likeness (QED) is 0.532. The van der Waals surface area contributed by atoms with Crippen molar-refractivity contribution < 1.29 is 4.74 Å². The highest BCUT2D eigenvalue weighted by Crippen LogP contribution is 2.46. The number of ether oxygens (including phenoxy) is 1. The third-order valence-corrected chi connectivity index (χ3v) is 3.00. The minimum absolute atomic E-state index is 0.539. The molecule has 0 radical (unpaired) electrons. The van der Waals surface area contributed by atoms with E-state index >= 15 is 0 Å². The van der Waals surface area contributed by atoms with Gasteiger partial charge in [-0.1, -0.05) is 6.58 Å². The molecule has 2 aliphatic rings. The smallest absolute Gasteiger partial charge is 0.103 e. The Hall–Kier alpha value is -0.460. The van der Waals surface area contributed by atoms with E-state index in [0.717, 1.165) is 11.8 Å². The van der Waals surface area contributed by atoms with Crippen LogP contribution in [0.15, 0.2) is 12.8 Å². The lowest BCUT2D eigenvalue weighted by Gasteiger charge is -2.13. The first kappa shape index (κ1) is 6.26. The van der Waals surface area contributed by atoms with Crippen LogP contribution in [-0.2, 0) is 4.74 Å². The first-order chi connectivity index (χ1) is 4.92. The maximum Gasteiger partial charge on any atom is 0.103 e. The standard InChI is InChI=1S/C9H14O/c1-2-10-9-7-3-4-8(9)6-5-7/h2,7-9H,1,3-6H2. The van der Waals surface area contributed by atoms with Crippen LogP contribution in [0.4, 0.5) is 0 Å². The Morgan fingerprint density at radius 1 is 1.10 bits per heavy atom. The van der Waals surface area contributed by atoms with Gasteiger partial charge in [-0.3, -0.25) is 0 Å². The largest absolute Gasteiger partial charge is 0.498 e. The van der Waals surface area contributed by atoms with Gasteiger partial charge < -0.3 is 4.74 Å². The van der Waals surface area contributed by atoms with Crippen LogP contribution in [0.3, 0.4) is 0 Å². The minimum Gasteiger partial charge on any atom is -0.498 e. The van der Waals surface area contributed by atoms with Crippen molar-refractivity contribution in [2.24, 2.45) is 11.8 Å². The molecule has 0 N–H and O–H groups in total. The molecule has 0 amide bonds. The first-order valence-electron chi connectivity index (χ1n) is 4.18. The third-order valence-electron chi connectivity index (χ3n) is 3.00. The lowest BCUT2D eigenvalue weighted by molar-refractivity contribution is 0.104. The average molecular weight is 138 g/mol. The van der Waals surface area contributed by atoms with E-state index in [1.165, 1.54) is 25.7 Å². The Balaban J connectivity index is 2.02. The molecule has 10 heavy (non-hydrogen) atoms. The topological polar surface area (TPSA) is 9.23 Å². The molecule has 2 saturated carbocycles. The normalized spacial score (nSPS) is 43.8. The molecule has 2 fully saturated rings. The second-order valence-electron chi connectivity index (χ2n) is 3.44.